The van der Waals surface area contributed by atoms with Crippen molar-refractivity contribution in [1.29, 1.82) is 0 Å². The third-order valence-electron chi connectivity index (χ3n) is 1.59. The number of nitrogens with zero attached hydrogens (tertiary/aromatic N) is 1. The van der Waals surface area contributed by atoms with Crippen molar-refractivity contribution >= 4 is 17.7 Å². The minimum absolute atomic E-state index is 0.156. The van der Waals surface area contributed by atoms with Gasteiger partial charge in [-0.1, -0.05) is 0 Å². The summed E-state index contributed by atoms with van der Waals surface area (Å²) in [5.41, 5.74) is 0. The quantitative estimate of drug-likeness (QED) is 0.667. The van der Waals surface area contributed by atoms with Gasteiger partial charge in [-0.2, -0.15) is 11.8 Å². The Morgan fingerprint density at radius 1 is 1.58 bits per heavy atom. The van der Waals surface area contributed by atoms with E-state index in [0.29, 0.717) is 18.7 Å². The topological polar surface area (TPSA) is 40.5 Å². The second-order valence-corrected chi connectivity index (χ2v) is 3.35. The molecular weight excluding hydrogens is 174 g/mol. The predicted molar refractivity (Wildman–Crippen MR) is 52.3 cm³/mol. The van der Waals surface area contributed by atoms with Gasteiger partial charge in [-0.3, -0.25) is 4.79 Å². The van der Waals surface area contributed by atoms with Gasteiger partial charge in [0.25, 0.3) is 0 Å². The summed E-state index contributed by atoms with van der Waals surface area (Å²) in [6.07, 6.45) is 2.59. The molecule has 1 N–H and O–H groups in total. The fraction of sp³-hybridized carbons (Fsp3) is 0.875. The molecule has 3 nitrogen and oxygen atoms in total. The average molecular weight is 191 g/mol. The zero-order valence-electron chi connectivity index (χ0n) is 7.75. The Kier molecular flexibility index (Phi) is 7.29. The van der Waals surface area contributed by atoms with Crippen molar-refractivity contribution in [3.05, 3.63) is 0 Å². The lowest BCUT2D eigenvalue weighted by Crippen LogP contribution is -2.33. The van der Waals surface area contributed by atoms with Crippen molar-refractivity contribution < 1.29 is 9.90 Å². The van der Waals surface area contributed by atoms with Crippen LogP contribution in [0.1, 0.15) is 13.3 Å². The van der Waals surface area contributed by atoms with E-state index in [1.165, 1.54) is 11.8 Å². The van der Waals surface area contributed by atoms with E-state index in [1.54, 1.807) is 4.90 Å². The van der Waals surface area contributed by atoms with Crippen molar-refractivity contribution in [3.8, 4) is 0 Å². The van der Waals surface area contributed by atoms with Crippen LogP contribution in [0.3, 0.4) is 0 Å². The molecule has 4 heteroatoms. The highest BCUT2D eigenvalue weighted by Crippen LogP contribution is 1.98. The predicted octanol–water partition coefficient (Wildman–Crippen LogP) is 0.580. The van der Waals surface area contributed by atoms with Crippen LogP contribution in [0.2, 0.25) is 0 Å². The van der Waals surface area contributed by atoms with Gasteiger partial charge in [0.15, 0.2) is 0 Å². The number of aliphatic hydroxyl groups excluding tert-OH is 1. The fourth-order valence-corrected chi connectivity index (χ4v) is 1.37. The molecular formula is C8H17NO2S. The van der Waals surface area contributed by atoms with Crippen LogP contribution in [0, 0.1) is 0 Å². The number of rotatable bonds is 6. The van der Waals surface area contributed by atoms with E-state index in [0.717, 1.165) is 6.54 Å². The van der Waals surface area contributed by atoms with Gasteiger partial charge in [0.05, 0.1) is 5.75 Å². The fourth-order valence-electron chi connectivity index (χ4n) is 0.936. The Bertz CT molecular complexity index is 130. The van der Waals surface area contributed by atoms with E-state index in [9.17, 15) is 4.79 Å². The minimum Gasteiger partial charge on any atom is -0.396 e. The Balaban J connectivity index is 3.71. The first-order valence-electron chi connectivity index (χ1n) is 4.13. The summed E-state index contributed by atoms with van der Waals surface area (Å²) in [5.74, 6) is 0.706. The Labute approximate surface area is 78.1 Å². The molecule has 0 unspecified atom stereocenters. The van der Waals surface area contributed by atoms with E-state index < -0.39 is 0 Å². The lowest BCUT2D eigenvalue weighted by atomic mass is 10.4. The zero-order chi connectivity index (χ0) is 9.40. The summed E-state index contributed by atoms with van der Waals surface area (Å²) in [4.78, 5) is 13.1. The molecule has 0 atom stereocenters. The van der Waals surface area contributed by atoms with Crippen LogP contribution in [0.25, 0.3) is 0 Å². The SMILES string of the molecule is CCN(CCCO)C(=O)CSC. The van der Waals surface area contributed by atoms with Gasteiger partial charge in [0, 0.05) is 19.7 Å². The molecule has 0 aliphatic rings. The van der Waals surface area contributed by atoms with Crippen LogP contribution in [-0.2, 0) is 4.79 Å². The molecule has 0 radical (unpaired) electrons. The maximum atomic E-state index is 11.3. The van der Waals surface area contributed by atoms with Crippen molar-refractivity contribution in [2.75, 3.05) is 31.7 Å². The van der Waals surface area contributed by atoms with Crippen LogP contribution >= 0.6 is 11.8 Å². The van der Waals surface area contributed by atoms with Gasteiger partial charge >= 0.3 is 0 Å². The van der Waals surface area contributed by atoms with Gasteiger partial charge in [-0.05, 0) is 19.6 Å². The highest BCUT2D eigenvalue weighted by molar-refractivity contribution is 7.99. The molecule has 0 aliphatic carbocycles. The van der Waals surface area contributed by atoms with Crippen LogP contribution in [0.4, 0.5) is 0 Å². The highest BCUT2D eigenvalue weighted by atomic mass is 32.2. The van der Waals surface area contributed by atoms with E-state index in [2.05, 4.69) is 0 Å². The first kappa shape index (κ1) is 11.8. The van der Waals surface area contributed by atoms with Gasteiger partial charge in [0.2, 0.25) is 5.91 Å². The number of hydrogen-bond donors (Lipinski definition) is 1. The van der Waals surface area contributed by atoms with Crippen LogP contribution in [-0.4, -0.2) is 47.6 Å². The number of amides is 1. The van der Waals surface area contributed by atoms with E-state index in [4.69, 9.17) is 5.11 Å². The van der Waals surface area contributed by atoms with Gasteiger partial charge < -0.3 is 10.0 Å². The second kappa shape index (κ2) is 7.43. The summed E-state index contributed by atoms with van der Waals surface area (Å²) in [6, 6.07) is 0. The molecule has 0 heterocycles. The number of hydrogen-bond acceptors (Lipinski definition) is 3. The average Bonchev–Trinajstić information content (AvgIpc) is 2.06. The Morgan fingerprint density at radius 2 is 2.25 bits per heavy atom. The number of carbonyl (C=O) groups is 1. The van der Waals surface area contributed by atoms with Gasteiger partial charge in [-0.15, -0.1) is 0 Å². The Morgan fingerprint density at radius 3 is 2.67 bits per heavy atom. The highest BCUT2D eigenvalue weighted by Gasteiger charge is 2.08. The smallest absolute Gasteiger partial charge is 0.232 e. The van der Waals surface area contributed by atoms with Gasteiger partial charge in [-0.25, -0.2) is 0 Å². The van der Waals surface area contributed by atoms with Crippen LogP contribution < -0.4 is 0 Å². The molecule has 0 rings (SSSR count). The van der Waals surface area contributed by atoms with Crippen molar-refractivity contribution in [2.24, 2.45) is 0 Å². The standard InChI is InChI=1S/C8H17NO2S/c1-3-9(5-4-6-10)8(11)7-12-2/h10H,3-7H2,1-2H3. The molecule has 72 valence electrons. The third-order valence-corrected chi connectivity index (χ3v) is 2.12. The molecule has 0 aromatic carbocycles. The first-order valence-corrected chi connectivity index (χ1v) is 5.53. The molecule has 0 aliphatic heterocycles. The summed E-state index contributed by atoms with van der Waals surface area (Å²) in [6.45, 7) is 3.52. The molecule has 0 saturated heterocycles. The minimum atomic E-state index is 0.156. The normalized spacial score (nSPS) is 9.92. The molecule has 0 aromatic rings. The number of thioether (sulfide) groups is 1. The monoisotopic (exact) mass is 191 g/mol. The van der Waals surface area contributed by atoms with E-state index in [1.807, 2.05) is 13.2 Å². The maximum absolute atomic E-state index is 11.3. The third kappa shape index (κ3) is 4.62. The number of carbonyl (C=O) groups excluding carboxylic acids is 1. The summed E-state index contributed by atoms with van der Waals surface area (Å²) in [5, 5.41) is 8.58. The largest absolute Gasteiger partial charge is 0.396 e. The molecule has 0 aromatic heterocycles. The van der Waals surface area contributed by atoms with Crippen LogP contribution in [0.15, 0.2) is 0 Å². The molecule has 0 spiro atoms. The van der Waals surface area contributed by atoms with E-state index >= 15 is 0 Å². The van der Waals surface area contributed by atoms with Crippen LogP contribution in [0.5, 0.6) is 0 Å². The lowest BCUT2D eigenvalue weighted by Gasteiger charge is -2.19. The molecule has 1 amide bonds. The summed E-state index contributed by atoms with van der Waals surface area (Å²) < 4.78 is 0. The lowest BCUT2D eigenvalue weighted by molar-refractivity contribution is -0.128. The molecule has 12 heavy (non-hydrogen) atoms. The molecule has 0 saturated carbocycles. The number of aliphatic hydroxyl groups is 1. The second-order valence-electron chi connectivity index (χ2n) is 2.48. The first-order chi connectivity index (χ1) is 5.76. The summed E-state index contributed by atoms with van der Waals surface area (Å²) in [7, 11) is 0. The van der Waals surface area contributed by atoms with Gasteiger partial charge in [0.1, 0.15) is 0 Å². The van der Waals surface area contributed by atoms with Crippen molar-refractivity contribution in [3.63, 3.8) is 0 Å². The van der Waals surface area contributed by atoms with Crippen molar-refractivity contribution in [2.45, 2.75) is 13.3 Å². The molecule has 0 fully saturated rings. The Hall–Kier alpha value is -0.220. The summed E-state index contributed by atoms with van der Waals surface area (Å²) >= 11 is 1.53. The van der Waals surface area contributed by atoms with E-state index in [-0.39, 0.29) is 12.5 Å². The zero-order valence-corrected chi connectivity index (χ0v) is 8.56. The molecule has 0 bridgehead atoms. The van der Waals surface area contributed by atoms with Crippen molar-refractivity contribution in [1.82, 2.24) is 4.90 Å². The maximum Gasteiger partial charge on any atom is 0.232 e.